The number of rotatable bonds is 5. The monoisotopic (exact) mass is 197 g/mol. The average molecular weight is 197 g/mol. The van der Waals surface area contributed by atoms with Gasteiger partial charge in [0.05, 0.1) is 12.3 Å². The van der Waals surface area contributed by atoms with Gasteiger partial charge in [-0.3, -0.25) is 4.68 Å². The molecule has 4 nitrogen and oxygen atoms in total. The fraction of sp³-hybridized carbons (Fsp3) is 0.700. The Labute approximate surface area is 85.0 Å². The molecule has 0 bridgehead atoms. The molecule has 80 valence electrons. The van der Waals surface area contributed by atoms with Crippen LogP contribution in [0, 0.1) is 0 Å². The van der Waals surface area contributed by atoms with Crippen molar-refractivity contribution in [2.75, 3.05) is 13.2 Å². The number of nitrogens with zero attached hydrogens (tertiary/aromatic N) is 2. The van der Waals surface area contributed by atoms with Gasteiger partial charge in [0.1, 0.15) is 0 Å². The number of aryl methyl sites for hydroxylation is 1. The molecule has 0 aliphatic rings. The van der Waals surface area contributed by atoms with Crippen molar-refractivity contribution in [1.82, 2.24) is 9.78 Å². The van der Waals surface area contributed by atoms with Gasteiger partial charge in [-0.25, -0.2) is 0 Å². The van der Waals surface area contributed by atoms with Gasteiger partial charge in [-0.2, -0.15) is 5.10 Å². The lowest BCUT2D eigenvalue weighted by Gasteiger charge is -2.22. The van der Waals surface area contributed by atoms with Crippen LogP contribution >= 0.6 is 0 Å². The first-order valence-corrected chi connectivity index (χ1v) is 4.88. The van der Waals surface area contributed by atoms with Gasteiger partial charge in [0.2, 0.25) is 0 Å². The molecular formula is C10H19N3O. The molecule has 0 radical (unpaired) electrons. The highest BCUT2D eigenvalue weighted by Crippen LogP contribution is 2.08. The van der Waals surface area contributed by atoms with E-state index in [0.717, 1.165) is 12.1 Å². The van der Waals surface area contributed by atoms with E-state index in [0.29, 0.717) is 13.2 Å². The second-order valence-electron chi connectivity index (χ2n) is 3.95. The van der Waals surface area contributed by atoms with E-state index < -0.39 is 0 Å². The molecule has 0 aromatic carbocycles. The predicted octanol–water partition coefficient (Wildman–Crippen LogP) is 0.716. The SMILES string of the molecule is CCOCC(C)(N)Cc1ccn(C)n1. The van der Waals surface area contributed by atoms with E-state index in [4.69, 9.17) is 10.5 Å². The lowest BCUT2D eigenvalue weighted by Crippen LogP contribution is -2.43. The molecule has 0 amide bonds. The van der Waals surface area contributed by atoms with Gasteiger partial charge in [0.25, 0.3) is 0 Å². The van der Waals surface area contributed by atoms with Crippen molar-refractivity contribution in [3.63, 3.8) is 0 Å². The Kier molecular flexibility index (Phi) is 3.66. The zero-order valence-electron chi connectivity index (χ0n) is 9.16. The van der Waals surface area contributed by atoms with Crippen LogP contribution in [-0.4, -0.2) is 28.5 Å². The Morgan fingerprint density at radius 1 is 1.64 bits per heavy atom. The molecule has 1 aromatic heterocycles. The average Bonchev–Trinajstić information content (AvgIpc) is 2.47. The molecule has 1 heterocycles. The zero-order valence-corrected chi connectivity index (χ0v) is 9.16. The summed E-state index contributed by atoms with van der Waals surface area (Å²) < 4.78 is 7.10. The minimum atomic E-state index is -0.329. The van der Waals surface area contributed by atoms with Gasteiger partial charge in [0.15, 0.2) is 0 Å². The summed E-state index contributed by atoms with van der Waals surface area (Å²) in [5, 5.41) is 4.29. The summed E-state index contributed by atoms with van der Waals surface area (Å²) in [5.41, 5.74) is 6.75. The molecule has 1 atom stereocenters. The Morgan fingerprint density at radius 2 is 2.36 bits per heavy atom. The quantitative estimate of drug-likeness (QED) is 0.756. The normalized spacial score (nSPS) is 15.4. The lowest BCUT2D eigenvalue weighted by atomic mass is 9.98. The maximum atomic E-state index is 6.07. The summed E-state index contributed by atoms with van der Waals surface area (Å²) in [6.45, 7) is 5.23. The maximum absolute atomic E-state index is 6.07. The first-order chi connectivity index (χ1) is 6.53. The number of hydrogen-bond acceptors (Lipinski definition) is 3. The van der Waals surface area contributed by atoms with Crippen molar-refractivity contribution in [2.24, 2.45) is 12.8 Å². The molecule has 0 aliphatic heterocycles. The largest absolute Gasteiger partial charge is 0.380 e. The molecule has 0 aliphatic carbocycles. The van der Waals surface area contributed by atoms with Crippen LogP contribution in [0.1, 0.15) is 19.5 Å². The Balaban J connectivity index is 2.49. The van der Waals surface area contributed by atoms with E-state index in [-0.39, 0.29) is 5.54 Å². The second kappa shape index (κ2) is 4.57. The molecule has 1 unspecified atom stereocenters. The minimum absolute atomic E-state index is 0.329. The molecule has 1 rings (SSSR count). The molecule has 0 saturated carbocycles. The van der Waals surface area contributed by atoms with Gasteiger partial charge in [-0.1, -0.05) is 0 Å². The van der Waals surface area contributed by atoms with Crippen LogP contribution in [0.15, 0.2) is 12.3 Å². The van der Waals surface area contributed by atoms with Crippen LogP contribution in [0.3, 0.4) is 0 Å². The van der Waals surface area contributed by atoms with Crippen LogP contribution in [0.4, 0.5) is 0 Å². The number of nitrogens with two attached hydrogens (primary N) is 1. The molecule has 2 N–H and O–H groups in total. The number of ether oxygens (including phenoxy) is 1. The van der Waals surface area contributed by atoms with E-state index in [2.05, 4.69) is 5.10 Å². The highest BCUT2D eigenvalue weighted by atomic mass is 16.5. The van der Waals surface area contributed by atoms with E-state index in [1.165, 1.54) is 0 Å². The van der Waals surface area contributed by atoms with Gasteiger partial charge in [-0.05, 0) is 19.9 Å². The smallest absolute Gasteiger partial charge is 0.0647 e. The van der Waals surface area contributed by atoms with Gasteiger partial charge < -0.3 is 10.5 Å². The van der Waals surface area contributed by atoms with Gasteiger partial charge in [0, 0.05) is 31.8 Å². The summed E-state index contributed by atoms with van der Waals surface area (Å²) in [7, 11) is 1.90. The molecule has 14 heavy (non-hydrogen) atoms. The minimum Gasteiger partial charge on any atom is -0.380 e. The van der Waals surface area contributed by atoms with Crippen molar-refractivity contribution in [3.8, 4) is 0 Å². The van der Waals surface area contributed by atoms with Crippen LogP contribution < -0.4 is 5.73 Å². The topological polar surface area (TPSA) is 53.1 Å². The zero-order chi connectivity index (χ0) is 10.6. The number of hydrogen-bond donors (Lipinski definition) is 1. The molecule has 4 heteroatoms. The van der Waals surface area contributed by atoms with E-state index >= 15 is 0 Å². The van der Waals surface area contributed by atoms with Crippen molar-refractivity contribution in [2.45, 2.75) is 25.8 Å². The molecule has 0 saturated heterocycles. The third-order valence-corrected chi connectivity index (χ3v) is 1.99. The lowest BCUT2D eigenvalue weighted by molar-refractivity contribution is 0.101. The summed E-state index contributed by atoms with van der Waals surface area (Å²) in [5.74, 6) is 0. The summed E-state index contributed by atoms with van der Waals surface area (Å²) in [6.07, 6.45) is 2.67. The molecule has 1 aromatic rings. The van der Waals surface area contributed by atoms with Crippen LogP contribution in [0.2, 0.25) is 0 Å². The molecule has 0 spiro atoms. The standard InChI is InChI=1S/C10H19N3O/c1-4-14-8-10(2,11)7-9-5-6-13(3)12-9/h5-6H,4,7-8,11H2,1-3H3. The highest BCUT2D eigenvalue weighted by molar-refractivity contribution is 5.04. The Bertz CT molecular complexity index is 281. The Morgan fingerprint density at radius 3 is 2.86 bits per heavy atom. The molecule has 0 fully saturated rings. The number of aromatic nitrogens is 2. The molecular weight excluding hydrogens is 178 g/mol. The van der Waals surface area contributed by atoms with Crippen LogP contribution in [-0.2, 0) is 18.2 Å². The van der Waals surface area contributed by atoms with Gasteiger partial charge in [-0.15, -0.1) is 0 Å². The predicted molar refractivity (Wildman–Crippen MR) is 56.0 cm³/mol. The van der Waals surface area contributed by atoms with E-state index in [1.54, 1.807) is 4.68 Å². The van der Waals surface area contributed by atoms with Crippen LogP contribution in [0.5, 0.6) is 0 Å². The fourth-order valence-electron chi connectivity index (χ4n) is 1.36. The highest BCUT2D eigenvalue weighted by Gasteiger charge is 2.20. The van der Waals surface area contributed by atoms with Crippen molar-refractivity contribution < 1.29 is 4.74 Å². The first kappa shape index (κ1) is 11.2. The van der Waals surface area contributed by atoms with Gasteiger partial charge >= 0.3 is 0 Å². The third kappa shape index (κ3) is 3.47. The van der Waals surface area contributed by atoms with Crippen molar-refractivity contribution in [1.29, 1.82) is 0 Å². The summed E-state index contributed by atoms with van der Waals surface area (Å²) in [4.78, 5) is 0. The van der Waals surface area contributed by atoms with E-state index in [1.807, 2.05) is 33.2 Å². The maximum Gasteiger partial charge on any atom is 0.0647 e. The first-order valence-electron chi connectivity index (χ1n) is 4.88. The summed E-state index contributed by atoms with van der Waals surface area (Å²) in [6, 6.07) is 1.98. The third-order valence-electron chi connectivity index (χ3n) is 1.99. The second-order valence-corrected chi connectivity index (χ2v) is 3.95. The summed E-state index contributed by atoms with van der Waals surface area (Å²) >= 11 is 0. The van der Waals surface area contributed by atoms with E-state index in [9.17, 15) is 0 Å². The van der Waals surface area contributed by atoms with Crippen molar-refractivity contribution >= 4 is 0 Å². The van der Waals surface area contributed by atoms with Crippen LogP contribution in [0.25, 0.3) is 0 Å². The Hall–Kier alpha value is -0.870. The fourth-order valence-corrected chi connectivity index (χ4v) is 1.36. The van der Waals surface area contributed by atoms with Crippen molar-refractivity contribution in [3.05, 3.63) is 18.0 Å².